The molecule has 1 aliphatic carbocycles. The normalized spacial score (nSPS) is 23.0. The van der Waals surface area contributed by atoms with Gasteiger partial charge in [-0.3, -0.25) is 9.80 Å². The first kappa shape index (κ1) is 21.0. The highest BCUT2D eigenvalue weighted by Crippen LogP contribution is 2.28. The Labute approximate surface area is 147 Å². The highest BCUT2D eigenvalue weighted by molar-refractivity contribution is 4.77. The van der Waals surface area contributed by atoms with Gasteiger partial charge in [-0.2, -0.15) is 0 Å². The Hall–Kier alpha value is -0.0800. The summed E-state index contributed by atoms with van der Waals surface area (Å²) in [5, 5.41) is 0. The smallest absolute Gasteiger partial charge is 0.0113 e. The molecule has 1 saturated heterocycles. The van der Waals surface area contributed by atoms with Gasteiger partial charge in [0.25, 0.3) is 0 Å². The van der Waals surface area contributed by atoms with Crippen LogP contribution in [0.1, 0.15) is 86.5 Å². The van der Waals surface area contributed by atoms with Gasteiger partial charge in [-0.1, -0.05) is 52.9 Å². The molecule has 1 heterocycles. The van der Waals surface area contributed by atoms with Gasteiger partial charge in [-0.25, -0.2) is 0 Å². The lowest BCUT2D eigenvalue weighted by Crippen LogP contribution is -2.51. The third-order valence-electron chi connectivity index (χ3n) is 5.82. The minimum atomic E-state index is 0.721. The number of piperazine rings is 1. The van der Waals surface area contributed by atoms with E-state index in [0.29, 0.717) is 0 Å². The molecule has 2 nitrogen and oxygen atoms in total. The molecule has 1 aliphatic heterocycles. The van der Waals surface area contributed by atoms with Crippen LogP contribution in [0.5, 0.6) is 0 Å². The minimum absolute atomic E-state index is 0.721. The van der Waals surface area contributed by atoms with Gasteiger partial charge >= 0.3 is 0 Å². The molecule has 0 unspecified atom stereocenters. The van der Waals surface area contributed by atoms with Crippen LogP contribution in [-0.2, 0) is 0 Å². The fourth-order valence-corrected chi connectivity index (χ4v) is 4.04. The Morgan fingerprint density at radius 2 is 1.30 bits per heavy atom. The van der Waals surface area contributed by atoms with Crippen molar-refractivity contribution in [1.29, 1.82) is 0 Å². The monoisotopic (exact) mass is 324 g/mol. The molecule has 138 valence electrons. The third kappa shape index (κ3) is 8.54. The van der Waals surface area contributed by atoms with Crippen LogP contribution < -0.4 is 0 Å². The molecule has 0 amide bonds. The molecule has 1 atom stereocenters. The zero-order valence-corrected chi connectivity index (χ0v) is 17.0. The molecule has 0 aromatic heterocycles. The van der Waals surface area contributed by atoms with Gasteiger partial charge < -0.3 is 0 Å². The zero-order chi connectivity index (χ0) is 17.2. The van der Waals surface area contributed by atoms with E-state index in [1.165, 1.54) is 71.1 Å². The Bertz CT molecular complexity index is 274. The van der Waals surface area contributed by atoms with Crippen LogP contribution in [0.2, 0.25) is 0 Å². The maximum Gasteiger partial charge on any atom is 0.0113 e. The Balaban J connectivity index is 0.000000238. The molecule has 2 heteroatoms. The van der Waals surface area contributed by atoms with E-state index in [2.05, 4.69) is 51.3 Å². The molecule has 2 rings (SSSR count). The fraction of sp³-hybridized carbons (Fsp3) is 1.00. The lowest BCUT2D eigenvalue weighted by atomic mass is 9.84. The van der Waals surface area contributed by atoms with Gasteiger partial charge in [0.1, 0.15) is 0 Å². The second kappa shape index (κ2) is 11.5. The van der Waals surface area contributed by atoms with Crippen LogP contribution in [0, 0.1) is 11.8 Å². The first-order chi connectivity index (χ1) is 10.9. The van der Waals surface area contributed by atoms with Crippen LogP contribution in [-0.4, -0.2) is 48.1 Å². The van der Waals surface area contributed by atoms with Gasteiger partial charge in [0.2, 0.25) is 0 Å². The number of rotatable bonds is 5. The highest BCUT2D eigenvalue weighted by Gasteiger charge is 2.21. The van der Waals surface area contributed by atoms with E-state index in [9.17, 15) is 0 Å². The van der Waals surface area contributed by atoms with E-state index >= 15 is 0 Å². The van der Waals surface area contributed by atoms with E-state index in [0.717, 1.165) is 23.9 Å². The first-order valence-corrected chi connectivity index (χ1v) is 10.4. The quantitative estimate of drug-likeness (QED) is 0.666. The van der Waals surface area contributed by atoms with Gasteiger partial charge in [0.15, 0.2) is 0 Å². The molecule has 23 heavy (non-hydrogen) atoms. The van der Waals surface area contributed by atoms with Crippen molar-refractivity contribution in [3.8, 4) is 0 Å². The predicted octanol–water partition coefficient (Wildman–Crippen LogP) is 5.42. The maximum absolute atomic E-state index is 2.61. The molecular formula is C21H44N2. The van der Waals surface area contributed by atoms with E-state index in [1.54, 1.807) is 0 Å². The summed E-state index contributed by atoms with van der Waals surface area (Å²) in [7, 11) is 0. The Morgan fingerprint density at radius 3 is 1.74 bits per heavy atom. The van der Waals surface area contributed by atoms with Gasteiger partial charge in [-0.15, -0.1) is 0 Å². The molecule has 0 radical (unpaired) electrons. The molecule has 1 saturated carbocycles. The van der Waals surface area contributed by atoms with Crippen LogP contribution >= 0.6 is 0 Å². The second-order valence-corrected chi connectivity index (χ2v) is 8.56. The van der Waals surface area contributed by atoms with E-state index in [1.807, 2.05) is 0 Å². The summed E-state index contributed by atoms with van der Waals surface area (Å²) < 4.78 is 0. The summed E-state index contributed by atoms with van der Waals surface area (Å²) in [6.07, 6.45) is 10.3. The van der Waals surface area contributed by atoms with Gasteiger partial charge in [0.05, 0.1) is 0 Å². The standard InChI is InChI=1S/C11H24N2.C10H20/c1-5-11(4)13-8-6-12(7-9-13)10(2)3;1-9(2)8-10-6-4-3-5-7-10/h10-11H,5-9H2,1-4H3;9-10H,3-8H2,1-2H3/t11-;/m0./s1. The van der Waals surface area contributed by atoms with Crippen LogP contribution in [0.15, 0.2) is 0 Å². The van der Waals surface area contributed by atoms with Crippen molar-refractivity contribution in [2.24, 2.45) is 11.8 Å². The molecule has 0 aromatic carbocycles. The summed E-state index contributed by atoms with van der Waals surface area (Å²) in [4.78, 5) is 5.18. The molecule has 0 N–H and O–H groups in total. The summed E-state index contributed by atoms with van der Waals surface area (Å²) >= 11 is 0. The third-order valence-corrected chi connectivity index (χ3v) is 5.82. The first-order valence-electron chi connectivity index (χ1n) is 10.4. The molecular weight excluding hydrogens is 280 g/mol. The lowest BCUT2D eigenvalue weighted by molar-refractivity contribution is 0.0822. The van der Waals surface area contributed by atoms with Crippen molar-refractivity contribution in [3.05, 3.63) is 0 Å². The summed E-state index contributed by atoms with van der Waals surface area (Å²) in [5.41, 5.74) is 0. The van der Waals surface area contributed by atoms with Gasteiger partial charge in [0, 0.05) is 38.3 Å². The topological polar surface area (TPSA) is 6.48 Å². The lowest BCUT2D eigenvalue weighted by Gasteiger charge is -2.39. The summed E-state index contributed by atoms with van der Waals surface area (Å²) in [5.74, 6) is 2.00. The van der Waals surface area contributed by atoms with E-state index in [4.69, 9.17) is 0 Å². The number of hydrogen-bond donors (Lipinski definition) is 0. The second-order valence-electron chi connectivity index (χ2n) is 8.56. The van der Waals surface area contributed by atoms with E-state index in [-0.39, 0.29) is 0 Å². The SMILES string of the molecule is CC(C)CC1CCCCC1.CC[C@H](C)N1CCN(C(C)C)CC1. The average molecular weight is 325 g/mol. The largest absolute Gasteiger partial charge is 0.298 e. The van der Waals surface area contributed by atoms with Crippen molar-refractivity contribution in [3.63, 3.8) is 0 Å². The molecule has 0 bridgehead atoms. The molecule has 0 aromatic rings. The van der Waals surface area contributed by atoms with Crippen molar-refractivity contribution in [2.45, 2.75) is 98.6 Å². The fourth-order valence-electron chi connectivity index (χ4n) is 4.04. The minimum Gasteiger partial charge on any atom is -0.298 e. The number of hydrogen-bond acceptors (Lipinski definition) is 2. The van der Waals surface area contributed by atoms with Crippen molar-refractivity contribution in [1.82, 2.24) is 9.80 Å². The molecule has 2 aliphatic rings. The van der Waals surface area contributed by atoms with Crippen LogP contribution in [0.4, 0.5) is 0 Å². The summed E-state index contributed by atoms with van der Waals surface area (Å²) in [6.45, 7) is 18.9. The molecule has 2 fully saturated rings. The predicted molar refractivity (Wildman–Crippen MR) is 104 cm³/mol. The van der Waals surface area contributed by atoms with Crippen molar-refractivity contribution < 1.29 is 0 Å². The highest BCUT2D eigenvalue weighted by atomic mass is 15.3. The van der Waals surface area contributed by atoms with Gasteiger partial charge in [-0.05, 0) is 45.4 Å². The maximum atomic E-state index is 2.61. The Kier molecular flexibility index (Phi) is 10.5. The zero-order valence-electron chi connectivity index (χ0n) is 17.0. The van der Waals surface area contributed by atoms with Crippen molar-refractivity contribution >= 4 is 0 Å². The Morgan fingerprint density at radius 1 is 0.783 bits per heavy atom. The van der Waals surface area contributed by atoms with Crippen LogP contribution in [0.3, 0.4) is 0 Å². The van der Waals surface area contributed by atoms with Crippen molar-refractivity contribution in [2.75, 3.05) is 26.2 Å². The van der Waals surface area contributed by atoms with E-state index < -0.39 is 0 Å². The van der Waals surface area contributed by atoms with Crippen LogP contribution in [0.25, 0.3) is 0 Å². The number of nitrogens with zero attached hydrogens (tertiary/aromatic N) is 2. The molecule has 0 spiro atoms. The average Bonchev–Trinajstić information content (AvgIpc) is 2.55. The summed E-state index contributed by atoms with van der Waals surface area (Å²) in [6, 6.07) is 1.49.